The van der Waals surface area contributed by atoms with Gasteiger partial charge in [-0.2, -0.15) is 5.26 Å². The lowest BCUT2D eigenvalue weighted by Gasteiger charge is -2.02. The van der Waals surface area contributed by atoms with Crippen LogP contribution < -0.4 is 0 Å². The molecule has 0 atom stereocenters. The second kappa shape index (κ2) is 4.31. The second-order valence-corrected chi connectivity index (χ2v) is 3.00. The molecule has 0 aliphatic carbocycles. The number of ketones is 1. The van der Waals surface area contributed by atoms with Gasteiger partial charge in [0.25, 0.3) is 5.69 Å². The lowest BCUT2D eigenvalue weighted by atomic mass is 10.0. The quantitative estimate of drug-likeness (QED) is 0.331. The van der Waals surface area contributed by atoms with Gasteiger partial charge >= 0.3 is 0 Å². The minimum atomic E-state index is -0.795. The summed E-state index contributed by atoms with van der Waals surface area (Å²) in [5.74, 6) is -0.498. The Morgan fingerprint density at radius 1 is 1.56 bits per heavy atom. The van der Waals surface area contributed by atoms with Crippen LogP contribution in [0, 0.1) is 21.4 Å². The minimum absolute atomic E-state index is 0.0255. The first-order valence-corrected chi connectivity index (χ1v) is 4.20. The zero-order valence-corrected chi connectivity index (χ0v) is 8.26. The van der Waals surface area contributed by atoms with Crippen LogP contribution in [-0.2, 0) is 0 Å². The van der Waals surface area contributed by atoms with E-state index in [1.54, 1.807) is 6.07 Å². The van der Waals surface area contributed by atoms with Crippen LogP contribution in [-0.4, -0.2) is 17.0 Å². The Kier molecular flexibility index (Phi) is 3.11. The maximum atomic E-state index is 11.2. The van der Waals surface area contributed by atoms with E-state index in [0.29, 0.717) is 0 Å². The summed E-state index contributed by atoms with van der Waals surface area (Å²) in [4.78, 5) is 31.7. The molecule has 0 radical (unpaired) electrons. The molecule has 0 spiro atoms. The normalized spacial score (nSPS) is 9.25. The maximum Gasteiger partial charge on any atom is 0.281 e. The average Bonchev–Trinajstić information content (AvgIpc) is 2.26. The first-order valence-electron chi connectivity index (χ1n) is 4.20. The molecule has 0 aliphatic heterocycles. The topological polar surface area (TPSA) is 101 Å². The Hall–Kier alpha value is -2.55. The first kappa shape index (κ1) is 11.5. The molecule has 0 heterocycles. The van der Waals surface area contributed by atoms with E-state index in [4.69, 9.17) is 5.26 Å². The molecular formula is C10H6N2O4. The Morgan fingerprint density at radius 3 is 2.56 bits per heavy atom. The Balaban J connectivity index is 3.67. The number of nitriles is 1. The third kappa shape index (κ3) is 1.93. The summed E-state index contributed by atoms with van der Waals surface area (Å²) in [6.45, 7) is 1.17. The molecule has 0 aromatic heterocycles. The number of rotatable bonds is 3. The van der Waals surface area contributed by atoms with Gasteiger partial charge in [-0.3, -0.25) is 19.7 Å². The van der Waals surface area contributed by atoms with E-state index in [9.17, 15) is 19.7 Å². The molecule has 0 bridgehead atoms. The Bertz CT molecular complexity index is 493. The van der Waals surface area contributed by atoms with Crippen LogP contribution >= 0.6 is 0 Å². The summed E-state index contributed by atoms with van der Waals surface area (Å²) in [5, 5.41) is 19.3. The number of aldehydes is 1. The molecular weight excluding hydrogens is 212 g/mol. The average molecular weight is 218 g/mol. The van der Waals surface area contributed by atoms with E-state index >= 15 is 0 Å². The van der Waals surface area contributed by atoms with Crippen molar-refractivity contribution in [3.8, 4) is 6.07 Å². The molecule has 0 saturated carbocycles. The molecule has 1 aromatic carbocycles. The minimum Gasteiger partial charge on any atom is -0.298 e. The summed E-state index contributed by atoms with van der Waals surface area (Å²) in [6, 6.07) is 3.83. The van der Waals surface area contributed by atoms with Crippen molar-refractivity contribution < 1.29 is 14.5 Å². The SMILES string of the molecule is CC(=O)c1cc(C#N)cc([N+](=O)[O-])c1C=O. The predicted octanol–water partition coefficient (Wildman–Crippen LogP) is 1.48. The molecule has 1 rings (SSSR count). The maximum absolute atomic E-state index is 11.2. The zero-order chi connectivity index (χ0) is 12.3. The molecule has 0 saturated heterocycles. The van der Waals surface area contributed by atoms with Gasteiger partial charge in [0.05, 0.1) is 16.6 Å². The van der Waals surface area contributed by atoms with Gasteiger partial charge in [0.15, 0.2) is 12.1 Å². The summed E-state index contributed by atoms with van der Waals surface area (Å²) in [5.41, 5.74) is -0.959. The monoisotopic (exact) mass is 218 g/mol. The zero-order valence-electron chi connectivity index (χ0n) is 8.26. The fraction of sp³-hybridized carbons (Fsp3) is 0.100. The molecule has 1 aromatic rings. The number of nitro groups is 1. The van der Waals surface area contributed by atoms with E-state index in [1.807, 2.05) is 0 Å². The highest BCUT2D eigenvalue weighted by atomic mass is 16.6. The molecule has 80 valence electrons. The molecule has 16 heavy (non-hydrogen) atoms. The number of nitrogens with zero attached hydrogens (tertiary/aromatic N) is 2. The second-order valence-electron chi connectivity index (χ2n) is 3.00. The third-order valence-electron chi connectivity index (χ3n) is 1.98. The van der Waals surface area contributed by atoms with Crippen molar-refractivity contribution in [2.75, 3.05) is 0 Å². The highest BCUT2D eigenvalue weighted by Gasteiger charge is 2.21. The van der Waals surface area contributed by atoms with Gasteiger partial charge in [0.2, 0.25) is 0 Å². The molecule has 0 unspecified atom stereocenters. The smallest absolute Gasteiger partial charge is 0.281 e. The van der Waals surface area contributed by atoms with Crippen molar-refractivity contribution in [1.29, 1.82) is 5.26 Å². The van der Waals surface area contributed by atoms with Gasteiger partial charge in [-0.25, -0.2) is 0 Å². The number of carbonyl (C=O) groups excluding carboxylic acids is 2. The van der Waals surface area contributed by atoms with Crippen molar-refractivity contribution in [2.45, 2.75) is 6.92 Å². The van der Waals surface area contributed by atoms with Gasteiger partial charge in [-0.15, -0.1) is 0 Å². The molecule has 0 N–H and O–H groups in total. The predicted molar refractivity (Wildman–Crippen MR) is 53.2 cm³/mol. The highest BCUT2D eigenvalue weighted by Crippen LogP contribution is 2.23. The van der Waals surface area contributed by atoms with E-state index in [2.05, 4.69) is 0 Å². The number of Topliss-reactive ketones (excluding diaryl/α,β-unsaturated/α-hetero) is 1. The van der Waals surface area contributed by atoms with Crippen molar-refractivity contribution in [1.82, 2.24) is 0 Å². The van der Waals surface area contributed by atoms with Gasteiger partial charge in [-0.1, -0.05) is 0 Å². The fourth-order valence-electron chi connectivity index (χ4n) is 1.27. The van der Waals surface area contributed by atoms with Crippen LogP contribution in [0.2, 0.25) is 0 Å². The summed E-state index contributed by atoms with van der Waals surface area (Å²) < 4.78 is 0. The van der Waals surface area contributed by atoms with Crippen molar-refractivity contribution in [2.24, 2.45) is 0 Å². The van der Waals surface area contributed by atoms with Crippen LogP contribution in [0.3, 0.4) is 0 Å². The molecule has 0 amide bonds. The number of hydrogen-bond donors (Lipinski definition) is 0. The standard InChI is InChI=1S/C10H6N2O4/c1-6(14)8-2-7(4-11)3-10(12(15)16)9(8)5-13/h2-3,5H,1H3. The third-order valence-corrected chi connectivity index (χ3v) is 1.98. The van der Waals surface area contributed by atoms with Crippen molar-refractivity contribution in [3.05, 3.63) is 38.9 Å². The van der Waals surface area contributed by atoms with Crippen LogP contribution in [0.25, 0.3) is 0 Å². The lowest BCUT2D eigenvalue weighted by Crippen LogP contribution is -2.04. The lowest BCUT2D eigenvalue weighted by molar-refractivity contribution is -0.385. The van der Waals surface area contributed by atoms with Crippen LogP contribution in [0.4, 0.5) is 5.69 Å². The van der Waals surface area contributed by atoms with E-state index in [1.165, 1.54) is 13.0 Å². The number of benzene rings is 1. The number of nitro benzene ring substituents is 1. The van der Waals surface area contributed by atoms with Crippen LogP contribution in [0.15, 0.2) is 12.1 Å². The van der Waals surface area contributed by atoms with Crippen LogP contribution in [0.1, 0.15) is 33.2 Å². The van der Waals surface area contributed by atoms with E-state index in [0.717, 1.165) is 6.07 Å². The Morgan fingerprint density at radius 2 is 2.19 bits per heavy atom. The van der Waals surface area contributed by atoms with Gasteiger partial charge < -0.3 is 0 Å². The van der Waals surface area contributed by atoms with E-state index < -0.39 is 16.4 Å². The fourth-order valence-corrected chi connectivity index (χ4v) is 1.27. The molecule has 0 aliphatic rings. The largest absolute Gasteiger partial charge is 0.298 e. The van der Waals surface area contributed by atoms with Gasteiger partial charge in [-0.05, 0) is 13.0 Å². The molecule has 6 heteroatoms. The number of hydrogen-bond acceptors (Lipinski definition) is 5. The van der Waals surface area contributed by atoms with Crippen molar-refractivity contribution in [3.63, 3.8) is 0 Å². The summed E-state index contributed by atoms with van der Waals surface area (Å²) in [6.07, 6.45) is 0.246. The van der Waals surface area contributed by atoms with Gasteiger partial charge in [0.1, 0.15) is 5.56 Å². The van der Waals surface area contributed by atoms with Gasteiger partial charge in [0, 0.05) is 11.6 Å². The molecule has 6 nitrogen and oxygen atoms in total. The summed E-state index contributed by atoms with van der Waals surface area (Å²) >= 11 is 0. The van der Waals surface area contributed by atoms with Crippen LogP contribution in [0.5, 0.6) is 0 Å². The van der Waals surface area contributed by atoms with Crippen molar-refractivity contribution >= 4 is 17.8 Å². The molecule has 0 fully saturated rings. The van der Waals surface area contributed by atoms with E-state index in [-0.39, 0.29) is 23.0 Å². The Labute approximate surface area is 90.3 Å². The highest BCUT2D eigenvalue weighted by molar-refractivity contribution is 6.03. The first-order chi connectivity index (χ1) is 7.51. The summed E-state index contributed by atoms with van der Waals surface area (Å²) in [7, 11) is 0. The number of carbonyl (C=O) groups is 2.